The van der Waals surface area contributed by atoms with Crippen molar-refractivity contribution >= 4 is 5.84 Å². The normalized spacial score (nSPS) is 18.3. The maximum absolute atomic E-state index is 7.42. The van der Waals surface area contributed by atoms with Gasteiger partial charge in [-0.1, -0.05) is 26.7 Å². The third kappa shape index (κ3) is 4.20. The minimum Gasteiger partial charge on any atom is -0.387 e. The lowest BCUT2D eigenvalue weighted by Gasteiger charge is -2.22. The molecule has 15 heavy (non-hydrogen) atoms. The van der Waals surface area contributed by atoms with Crippen molar-refractivity contribution in [2.45, 2.75) is 46.0 Å². The number of nitrogens with one attached hydrogen (secondary N) is 1. The first kappa shape index (κ1) is 12.5. The summed E-state index contributed by atoms with van der Waals surface area (Å²) in [5.74, 6) is 1.04. The van der Waals surface area contributed by atoms with Crippen LogP contribution in [0.5, 0.6) is 0 Å². The number of rotatable bonds is 6. The van der Waals surface area contributed by atoms with Crippen LogP contribution in [0.1, 0.15) is 46.0 Å². The Kier molecular flexibility index (Phi) is 4.58. The van der Waals surface area contributed by atoms with Crippen LogP contribution >= 0.6 is 0 Å². The van der Waals surface area contributed by atoms with E-state index >= 15 is 0 Å². The van der Waals surface area contributed by atoms with Crippen molar-refractivity contribution in [2.75, 3.05) is 13.2 Å². The molecule has 1 fully saturated rings. The zero-order valence-corrected chi connectivity index (χ0v) is 10.0. The van der Waals surface area contributed by atoms with E-state index in [1.807, 2.05) is 13.8 Å². The Morgan fingerprint density at radius 1 is 1.40 bits per heavy atom. The van der Waals surface area contributed by atoms with Gasteiger partial charge in [0.15, 0.2) is 0 Å². The third-order valence-corrected chi connectivity index (χ3v) is 3.43. The van der Waals surface area contributed by atoms with Gasteiger partial charge in [-0.25, -0.2) is 0 Å². The molecule has 0 aromatic carbocycles. The fourth-order valence-electron chi connectivity index (χ4n) is 1.89. The molecule has 0 aliphatic heterocycles. The molecule has 1 aliphatic rings. The van der Waals surface area contributed by atoms with Crippen molar-refractivity contribution in [1.29, 1.82) is 5.41 Å². The predicted molar refractivity (Wildman–Crippen MR) is 63.1 cm³/mol. The van der Waals surface area contributed by atoms with Crippen molar-refractivity contribution in [3.63, 3.8) is 0 Å². The molecule has 0 heterocycles. The third-order valence-electron chi connectivity index (χ3n) is 3.43. The highest BCUT2D eigenvalue weighted by atomic mass is 16.5. The Hall–Kier alpha value is -0.570. The molecular formula is C12H24N2O. The molecule has 1 saturated carbocycles. The smallest absolute Gasteiger partial charge is 0.0963 e. The molecule has 0 bridgehead atoms. The van der Waals surface area contributed by atoms with Crippen molar-refractivity contribution < 1.29 is 4.74 Å². The molecule has 0 spiro atoms. The molecule has 0 aromatic heterocycles. The first-order valence-electron chi connectivity index (χ1n) is 5.94. The van der Waals surface area contributed by atoms with Crippen LogP contribution in [-0.4, -0.2) is 19.0 Å². The average molecular weight is 212 g/mol. The highest BCUT2D eigenvalue weighted by Crippen LogP contribution is 2.25. The van der Waals surface area contributed by atoms with Gasteiger partial charge in [0, 0.05) is 18.6 Å². The second-order valence-corrected chi connectivity index (χ2v) is 5.27. The van der Waals surface area contributed by atoms with Crippen LogP contribution in [0.15, 0.2) is 0 Å². The number of nitrogens with two attached hydrogens (primary N) is 1. The molecule has 0 saturated heterocycles. The fraction of sp³-hybridized carbons (Fsp3) is 0.917. The molecule has 3 nitrogen and oxygen atoms in total. The van der Waals surface area contributed by atoms with E-state index < -0.39 is 0 Å². The topological polar surface area (TPSA) is 59.1 Å². The van der Waals surface area contributed by atoms with Gasteiger partial charge in [0.05, 0.1) is 5.84 Å². The Balaban J connectivity index is 2.08. The largest absolute Gasteiger partial charge is 0.387 e. The molecule has 88 valence electrons. The van der Waals surface area contributed by atoms with Crippen LogP contribution in [0.25, 0.3) is 0 Å². The van der Waals surface area contributed by atoms with Gasteiger partial charge in [0.1, 0.15) is 0 Å². The lowest BCUT2D eigenvalue weighted by Crippen LogP contribution is -2.32. The Morgan fingerprint density at radius 3 is 2.53 bits per heavy atom. The number of hydrogen-bond donors (Lipinski definition) is 2. The fourth-order valence-corrected chi connectivity index (χ4v) is 1.89. The number of hydrogen-bond acceptors (Lipinski definition) is 2. The van der Waals surface area contributed by atoms with Crippen LogP contribution in [0, 0.1) is 16.7 Å². The van der Waals surface area contributed by atoms with Crippen LogP contribution in [-0.2, 0) is 4.74 Å². The van der Waals surface area contributed by atoms with E-state index in [0.717, 1.165) is 25.6 Å². The zero-order valence-electron chi connectivity index (χ0n) is 10.0. The van der Waals surface area contributed by atoms with Crippen molar-refractivity contribution in [3.05, 3.63) is 0 Å². The second-order valence-electron chi connectivity index (χ2n) is 5.27. The van der Waals surface area contributed by atoms with Crippen molar-refractivity contribution in [3.8, 4) is 0 Å². The maximum atomic E-state index is 7.42. The first-order chi connectivity index (χ1) is 7.02. The monoisotopic (exact) mass is 212 g/mol. The minimum absolute atomic E-state index is 0.213. The summed E-state index contributed by atoms with van der Waals surface area (Å²) in [4.78, 5) is 0. The van der Waals surface area contributed by atoms with E-state index in [1.54, 1.807) is 0 Å². The van der Waals surface area contributed by atoms with Crippen LogP contribution in [0.2, 0.25) is 0 Å². The molecule has 0 radical (unpaired) electrons. The van der Waals surface area contributed by atoms with E-state index in [9.17, 15) is 0 Å². The molecule has 0 atom stereocenters. The van der Waals surface area contributed by atoms with Gasteiger partial charge < -0.3 is 10.5 Å². The highest BCUT2D eigenvalue weighted by Gasteiger charge is 2.21. The quantitative estimate of drug-likeness (QED) is 0.404. The van der Waals surface area contributed by atoms with E-state index in [-0.39, 0.29) is 11.3 Å². The standard InChI is InChI=1S/C12H24N2O/c1-12(2,11(13)14)7-8-15-9-10-5-3-4-6-10/h10H,3-9H2,1-2H3,(H3,13,14). The van der Waals surface area contributed by atoms with Crippen LogP contribution in [0.4, 0.5) is 0 Å². The van der Waals surface area contributed by atoms with E-state index in [4.69, 9.17) is 15.9 Å². The maximum Gasteiger partial charge on any atom is 0.0963 e. The Bertz CT molecular complexity index is 208. The van der Waals surface area contributed by atoms with E-state index in [0.29, 0.717) is 0 Å². The Morgan fingerprint density at radius 2 is 2.00 bits per heavy atom. The molecular weight excluding hydrogens is 188 g/mol. The molecule has 1 aliphatic carbocycles. The second kappa shape index (κ2) is 5.50. The van der Waals surface area contributed by atoms with Gasteiger partial charge in [-0.15, -0.1) is 0 Å². The summed E-state index contributed by atoms with van der Waals surface area (Å²) in [5.41, 5.74) is 5.29. The first-order valence-corrected chi connectivity index (χ1v) is 5.94. The van der Waals surface area contributed by atoms with Crippen LogP contribution in [0.3, 0.4) is 0 Å². The lowest BCUT2D eigenvalue weighted by atomic mass is 9.88. The molecule has 0 amide bonds. The number of amidine groups is 1. The van der Waals surface area contributed by atoms with Gasteiger partial charge >= 0.3 is 0 Å². The summed E-state index contributed by atoms with van der Waals surface area (Å²) in [6.07, 6.45) is 6.24. The highest BCUT2D eigenvalue weighted by molar-refractivity contribution is 5.82. The average Bonchev–Trinajstić information content (AvgIpc) is 2.64. The molecule has 1 rings (SSSR count). The van der Waals surface area contributed by atoms with Gasteiger partial charge in [0.25, 0.3) is 0 Å². The summed E-state index contributed by atoms with van der Waals surface area (Å²) in [5, 5.41) is 7.42. The predicted octanol–water partition coefficient (Wildman–Crippen LogP) is 2.55. The summed E-state index contributed by atoms with van der Waals surface area (Å²) >= 11 is 0. The summed E-state index contributed by atoms with van der Waals surface area (Å²) in [6.45, 7) is 5.61. The Labute approximate surface area is 92.9 Å². The van der Waals surface area contributed by atoms with Crippen LogP contribution < -0.4 is 5.73 Å². The van der Waals surface area contributed by atoms with Gasteiger partial charge in [-0.3, -0.25) is 5.41 Å². The van der Waals surface area contributed by atoms with Gasteiger partial charge in [-0.05, 0) is 25.2 Å². The number of ether oxygens (including phenoxy) is 1. The molecule has 3 heteroatoms. The zero-order chi connectivity index (χ0) is 11.3. The van der Waals surface area contributed by atoms with Crippen molar-refractivity contribution in [1.82, 2.24) is 0 Å². The SMILES string of the molecule is CC(C)(CCOCC1CCCC1)C(=N)N. The van der Waals surface area contributed by atoms with E-state index in [1.165, 1.54) is 25.7 Å². The molecule has 0 unspecified atom stereocenters. The van der Waals surface area contributed by atoms with E-state index in [2.05, 4.69) is 0 Å². The van der Waals surface area contributed by atoms with Gasteiger partial charge in [-0.2, -0.15) is 0 Å². The molecule has 3 N–H and O–H groups in total. The molecule has 0 aromatic rings. The minimum atomic E-state index is -0.213. The lowest BCUT2D eigenvalue weighted by molar-refractivity contribution is 0.0874. The van der Waals surface area contributed by atoms with Gasteiger partial charge in [0.2, 0.25) is 0 Å². The summed E-state index contributed by atoms with van der Waals surface area (Å²) in [7, 11) is 0. The summed E-state index contributed by atoms with van der Waals surface area (Å²) in [6, 6.07) is 0. The van der Waals surface area contributed by atoms with Crippen molar-refractivity contribution in [2.24, 2.45) is 17.1 Å². The summed E-state index contributed by atoms with van der Waals surface area (Å²) < 4.78 is 5.65.